The van der Waals surface area contributed by atoms with E-state index in [1.165, 1.54) is 0 Å². The minimum atomic E-state index is 0.262. The Morgan fingerprint density at radius 2 is 1.50 bits per heavy atom. The highest BCUT2D eigenvalue weighted by atomic mass is 16.5. The van der Waals surface area contributed by atoms with Crippen LogP contribution in [0.2, 0.25) is 0 Å². The van der Waals surface area contributed by atoms with Crippen molar-refractivity contribution in [3.63, 3.8) is 0 Å². The Bertz CT molecular complexity index is 591. The molecular formula is C17H20O3. The van der Waals surface area contributed by atoms with E-state index in [4.69, 9.17) is 4.74 Å². The molecule has 0 aliphatic heterocycles. The molecule has 2 aromatic carbocycles. The summed E-state index contributed by atoms with van der Waals surface area (Å²) in [4.78, 5) is 0. The van der Waals surface area contributed by atoms with Gasteiger partial charge in [0.05, 0.1) is 7.11 Å². The summed E-state index contributed by atoms with van der Waals surface area (Å²) < 4.78 is 5.06. The summed E-state index contributed by atoms with van der Waals surface area (Å²) in [6.07, 6.45) is 2.43. The number of phenols is 2. The SMILES string of the molecule is COc1ccc(CCCc2ccc(C)cc2O)c(O)c1. The van der Waals surface area contributed by atoms with Crippen LogP contribution < -0.4 is 4.74 Å². The van der Waals surface area contributed by atoms with Crippen molar-refractivity contribution < 1.29 is 14.9 Å². The molecule has 0 saturated carbocycles. The van der Waals surface area contributed by atoms with E-state index in [2.05, 4.69) is 0 Å². The molecule has 0 atom stereocenters. The van der Waals surface area contributed by atoms with Crippen molar-refractivity contribution in [1.29, 1.82) is 0 Å². The van der Waals surface area contributed by atoms with Crippen LogP contribution in [0.25, 0.3) is 0 Å². The lowest BCUT2D eigenvalue weighted by molar-refractivity contribution is 0.406. The zero-order valence-corrected chi connectivity index (χ0v) is 11.9. The van der Waals surface area contributed by atoms with Crippen LogP contribution in [0.5, 0.6) is 17.2 Å². The summed E-state index contributed by atoms with van der Waals surface area (Å²) in [5, 5.41) is 19.7. The minimum absolute atomic E-state index is 0.262. The van der Waals surface area contributed by atoms with E-state index in [1.54, 1.807) is 19.2 Å². The zero-order chi connectivity index (χ0) is 14.5. The molecule has 2 N–H and O–H groups in total. The topological polar surface area (TPSA) is 49.7 Å². The predicted octanol–water partition coefficient (Wildman–Crippen LogP) is 3.59. The maximum absolute atomic E-state index is 9.88. The molecule has 0 unspecified atom stereocenters. The molecule has 2 rings (SSSR count). The number of aryl methyl sites for hydroxylation is 3. The molecule has 0 radical (unpaired) electrons. The maximum Gasteiger partial charge on any atom is 0.122 e. The normalized spacial score (nSPS) is 10.5. The van der Waals surface area contributed by atoms with Gasteiger partial charge in [0.15, 0.2) is 0 Å². The number of aromatic hydroxyl groups is 2. The molecule has 2 aromatic rings. The number of methoxy groups -OCH3 is 1. The Kier molecular flexibility index (Phi) is 4.51. The molecule has 0 heterocycles. The second-order valence-corrected chi connectivity index (χ2v) is 4.98. The van der Waals surface area contributed by atoms with Crippen molar-refractivity contribution in [1.82, 2.24) is 0 Å². The van der Waals surface area contributed by atoms with Crippen molar-refractivity contribution in [3.05, 3.63) is 53.1 Å². The van der Waals surface area contributed by atoms with Gasteiger partial charge in [0.1, 0.15) is 17.2 Å². The van der Waals surface area contributed by atoms with Crippen LogP contribution >= 0.6 is 0 Å². The number of hydrogen-bond acceptors (Lipinski definition) is 3. The monoisotopic (exact) mass is 272 g/mol. The summed E-state index contributed by atoms with van der Waals surface area (Å²) in [7, 11) is 1.58. The summed E-state index contributed by atoms with van der Waals surface area (Å²) in [6, 6.07) is 11.1. The first-order chi connectivity index (χ1) is 9.60. The maximum atomic E-state index is 9.88. The lowest BCUT2D eigenvalue weighted by Gasteiger charge is -2.08. The number of hydrogen-bond donors (Lipinski definition) is 2. The molecule has 0 bridgehead atoms. The van der Waals surface area contributed by atoms with Crippen molar-refractivity contribution >= 4 is 0 Å². The summed E-state index contributed by atoms with van der Waals surface area (Å²) in [6.45, 7) is 1.96. The van der Waals surface area contributed by atoms with Gasteiger partial charge in [0, 0.05) is 6.07 Å². The number of phenolic OH excluding ortho intramolecular Hbond substituents is 2. The van der Waals surface area contributed by atoms with Gasteiger partial charge in [-0.3, -0.25) is 0 Å². The molecule has 0 aromatic heterocycles. The second-order valence-electron chi connectivity index (χ2n) is 4.98. The minimum Gasteiger partial charge on any atom is -0.508 e. The first-order valence-electron chi connectivity index (χ1n) is 6.74. The second kappa shape index (κ2) is 6.33. The molecule has 3 nitrogen and oxygen atoms in total. The third kappa shape index (κ3) is 3.44. The van der Waals surface area contributed by atoms with Crippen LogP contribution in [-0.4, -0.2) is 17.3 Å². The standard InChI is InChI=1S/C17H20O3/c1-12-6-7-13(16(18)10-12)4-3-5-14-8-9-15(20-2)11-17(14)19/h6-11,18-19H,3-5H2,1-2H3. The zero-order valence-electron chi connectivity index (χ0n) is 11.9. The third-order valence-electron chi connectivity index (χ3n) is 3.43. The fraction of sp³-hybridized carbons (Fsp3) is 0.294. The number of ether oxygens (including phenoxy) is 1. The lowest BCUT2D eigenvalue weighted by Crippen LogP contribution is -1.92. The molecule has 106 valence electrons. The average molecular weight is 272 g/mol. The molecule has 0 fully saturated rings. The highest BCUT2D eigenvalue weighted by Crippen LogP contribution is 2.26. The Balaban J connectivity index is 1.96. The smallest absolute Gasteiger partial charge is 0.122 e. The van der Waals surface area contributed by atoms with Crippen molar-refractivity contribution in [2.45, 2.75) is 26.2 Å². The Morgan fingerprint density at radius 3 is 2.05 bits per heavy atom. The Morgan fingerprint density at radius 1 is 0.900 bits per heavy atom. The summed E-state index contributed by atoms with van der Waals surface area (Å²) in [5.41, 5.74) is 2.90. The van der Waals surface area contributed by atoms with Gasteiger partial charge >= 0.3 is 0 Å². The molecule has 0 aliphatic rings. The van der Waals surface area contributed by atoms with Gasteiger partial charge in [-0.15, -0.1) is 0 Å². The predicted molar refractivity (Wildman–Crippen MR) is 79.5 cm³/mol. The van der Waals surface area contributed by atoms with Crippen LogP contribution in [0.4, 0.5) is 0 Å². The van der Waals surface area contributed by atoms with Gasteiger partial charge in [-0.25, -0.2) is 0 Å². The number of rotatable bonds is 5. The van der Waals surface area contributed by atoms with Crippen molar-refractivity contribution in [2.75, 3.05) is 7.11 Å². The lowest BCUT2D eigenvalue weighted by atomic mass is 10.0. The van der Waals surface area contributed by atoms with Gasteiger partial charge in [-0.2, -0.15) is 0 Å². The third-order valence-corrected chi connectivity index (χ3v) is 3.43. The highest BCUT2D eigenvalue weighted by Gasteiger charge is 2.05. The molecule has 3 heteroatoms. The van der Waals surface area contributed by atoms with E-state index in [0.717, 1.165) is 36.0 Å². The average Bonchev–Trinajstić information content (AvgIpc) is 2.42. The number of benzene rings is 2. The van der Waals surface area contributed by atoms with E-state index in [1.807, 2.05) is 31.2 Å². The van der Waals surface area contributed by atoms with E-state index in [9.17, 15) is 10.2 Å². The first-order valence-corrected chi connectivity index (χ1v) is 6.74. The first kappa shape index (κ1) is 14.3. The van der Waals surface area contributed by atoms with Crippen molar-refractivity contribution in [2.24, 2.45) is 0 Å². The van der Waals surface area contributed by atoms with E-state index in [-0.39, 0.29) is 5.75 Å². The molecule has 0 amide bonds. The molecule has 0 aliphatic carbocycles. The fourth-order valence-corrected chi connectivity index (χ4v) is 2.24. The quantitative estimate of drug-likeness (QED) is 0.874. The van der Waals surface area contributed by atoms with E-state index >= 15 is 0 Å². The largest absolute Gasteiger partial charge is 0.508 e. The van der Waals surface area contributed by atoms with Crippen LogP contribution in [0.1, 0.15) is 23.1 Å². The van der Waals surface area contributed by atoms with Crippen LogP contribution in [0.3, 0.4) is 0 Å². The van der Waals surface area contributed by atoms with Gasteiger partial charge in [-0.1, -0.05) is 18.2 Å². The van der Waals surface area contributed by atoms with E-state index < -0.39 is 0 Å². The molecule has 0 saturated heterocycles. The molecular weight excluding hydrogens is 252 g/mol. The summed E-state index contributed by atoms with van der Waals surface area (Å²) in [5.74, 6) is 1.27. The Hall–Kier alpha value is -2.16. The van der Waals surface area contributed by atoms with Crippen LogP contribution in [-0.2, 0) is 12.8 Å². The van der Waals surface area contributed by atoms with Gasteiger partial charge in [0.2, 0.25) is 0 Å². The fourth-order valence-electron chi connectivity index (χ4n) is 2.24. The van der Waals surface area contributed by atoms with Gasteiger partial charge in [0.25, 0.3) is 0 Å². The Labute approximate surface area is 119 Å². The van der Waals surface area contributed by atoms with Crippen molar-refractivity contribution in [3.8, 4) is 17.2 Å². The highest BCUT2D eigenvalue weighted by molar-refractivity contribution is 5.40. The molecule has 20 heavy (non-hydrogen) atoms. The van der Waals surface area contributed by atoms with Crippen LogP contribution in [0, 0.1) is 6.92 Å². The van der Waals surface area contributed by atoms with Gasteiger partial charge < -0.3 is 14.9 Å². The summed E-state index contributed by atoms with van der Waals surface area (Å²) >= 11 is 0. The van der Waals surface area contributed by atoms with Crippen LogP contribution in [0.15, 0.2) is 36.4 Å². The molecule has 0 spiro atoms. The van der Waals surface area contributed by atoms with Gasteiger partial charge in [-0.05, 0) is 55.0 Å². The van der Waals surface area contributed by atoms with E-state index in [0.29, 0.717) is 11.5 Å².